The molecule has 0 atom stereocenters. The lowest BCUT2D eigenvalue weighted by atomic mass is 10.2. The summed E-state index contributed by atoms with van der Waals surface area (Å²) in [7, 11) is 3.78. The van der Waals surface area contributed by atoms with Crippen LogP contribution in [0.15, 0.2) is 0 Å². The Balaban J connectivity index is 4.30. The maximum atomic E-state index is 11.6. The van der Waals surface area contributed by atoms with Crippen molar-refractivity contribution in [1.82, 2.24) is 9.80 Å². The third-order valence-electron chi connectivity index (χ3n) is 1.95. The molecule has 0 rings (SSSR count). The molecule has 0 unspecified atom stereocenters. The van der Waals surface area contributed by atoms with Gasteiger partial charge in [0.25, 0.3) is 0 Å². The van der Waals surface area contributed by atoms with Crippen molar-refractivity contribution in [2.45, 2.75) is 13.8 Å². The molecule has 5 nitrogen and oxygen atoms in total. The van der Waals surface area contributed by atoms with Gasteiger partial charge >= 0.3 is 5.97 Å². The van der Waals surface area contributed by atoms with Crippen LogP contribution >= 0.6 is 0 Å². The predicted octanol–water partition coefficient (Wildman–Crippen LogP) is 0.117. The Morgan fingerprint density at radius 1 is 1.20 bits per heavy atom. The number of rotatable bonds is 6. The van der Waals surface area contributed by atoms with Crippen LogP contribution in [-0.4, -0.2) is 60.5 Å². The number of hydrogen-bond donors (Lipinski definition) is 1. The zero-order chi connectivity index (χ0) is 12.0. The van der Waals surface area contributed by atoms with Crippen LogP contribution in [0.4, 0.5) is 0 Å². The van der Waals surface area contributed by atoms with Crippen molar-refractivity contribution in [3.05, 3.63) is 0 Å². The fourth-order valence-electron chi connectivity index (χ4n) is 1.12. The highest BCUT2D eigenvalue weighted by Gasteiger charge is 2.19. The van der Waals surface area contributed by atoms with Crippen LogP contribution in [0.3, 0.4) is 0 Å². The van der Waals surface area contributed by atoms with Gasteiger partial charge in [-0.1, -0.05) is 13.8 Å². The van der Waals surface area contributed by atoms with Crippen LogP contribution in [0.25, 0.3) is 0 Å². The SMILES string of the molecule is CC(C)C(=O)N(CCN(C)C)CC(=O)O. The molecule has 0 radical (unpaired) electrons. The third kappa shape index (κ3) is 6.06. The molecule has 1 amide bonds. The minimum Gasteiger partial charge on any atom is -0.480 e. The van der Waals surface area contributed by atoms with Crippen molar-refractivity contribution < 1.29 is 14.7 Å². The van der Waals surface area contributed by atoms with Crippen LogP contribution in [-0.2, 0) is 9.59 Å². The fourth-order valence-corrected chi connectivity index (χ4v) is 1.12. The molecule has 0 aliphatic carbocycles. The predicted molar refractivity (Wildman–Crippen MR) is 57.6 cm³/mol. The molecule has 0 aromatic carbocycles. The molecule has 0 saturated heterocycles. The van der Waals surface area contributed by atoms with E-state index < -0.39 is 5.97 Å². The normalized spacial score (nSPS) is 10.8. The molecule has 0 aliphatic heterocycles. The van der Waals surface area contributed by atoms with Gasteiger partial charge in [-0.3, -0.25) is 9.59 Å². The molecule has 0 fully saturated rings. The second-order valence-corrected chi connectivity index (χ2v) is 4.11. The van der Waals surface area contributed by atoms with Gasteiger partial charge in [0.05, 0.1) is 0 Å². The van der Waals surface area contributed by atoms with E-state index in [-0.39, 0.29) is 18.4 Å². The number of amides is 1. The van der Waals surface area contributed by atoms with Crippen molar-refractivity contribution in [1.29, 1.82) is 0 Å². The van der Waals surface area contributed by atoms with Crippen LogP contribution < -0.4 is 0 Å². The van der Waals surface area contributed by atoms with Gasteiger partial charge in [0, 0.05) is 19.0 Å². The summed E-state index contributed by atoms with van der Waals surface area (Å²) in [5.74, 6) is -1.24. The van der Waals surface area contributed by atoms with Gasteiger partial charge in [-0.2, -0.15) is 0 Å². The van der Waals surface area contributed by atoms with E-state index in [1.165, 1.54) is 4.90 Å². The first-order valence-electron chi connectivity index (χ1n) is 5.00. The zero-order valence-electron chi connectivity index (χ0n) is 9.86. The lowest BCUT2D eigenvalue weighted by molar-refractivity contribution is -0.145. The van der Waals surface area contributed by atoms with E-state index >= 15 is 0 Å². The smallest absolute Gasteiger partial charge is 0.323 e. The summed E-state index contributed by atoms with van der Waals surface area (Å²) < 4.78 is 0. The van der Waals surface area contributed by atoms with Gasteiger partial charge < -0.3 is 14.9 Å². The number of carboxylic acid groups (broad SMARTS) is 1. The standard InChI is InChI=1S/C10H20N2O3/c1-8(2)10(15)12(7-9(13)14)6-5-11(3)4/h8H,5-7H2,1-4H3,(H,13,14). The quantitative estimate of drug-likeness (QED) is 0.685. The topological polar surface area (TPSA) is 60.9 Å². The molecular formula is C10H20N2O3. The average Bonchev–Trinajstić information content (AvgIpc) is 2.10. The molecule has 0 spiro atoms. The molecule has 5 heteroatoms. The summed E-state index contributed by atoms with van der Waals surface area (Å²) in [6.07, 6.45) is 0. The van der Waals surface area contributed by atoms with Crippen LogP contribution in [0, 0.1) is 5.92 Å². The maximum Gasteiger partial charge on any atom is 0.323 e. The molecule has 15 heavy (non-hydrogen) atoms. The lowest BCUT2D eigenvalue weighted by Crippen LogP contribution is -2.41. The summed E-state index contributed by atoms with van der Waals surface area (Å²) in [5.41, 5.74) is 0. The lowest BCUT2D eigenvalue weighted by Gasteiger charge is -2.24. The van der Waals surface area contributed by atoms with Gasteiger partial charge in [0.15, 0.2) is 0 Å². The number of carboxylic acids is 1. The fraction of sp³-hybridized carbons (Fsp3) is 0.800. The first-order valence-corrected chi connectivity index (χ1v) is 5.00. The van der Waals surface area contributed by atoms with E-state index in [2.05, 4.69) is 0 Å². The second kappa shape index (κ2) is 6.40. The summed E-state index contributed by atoms with van der Waals surface area (Å²) in [6.45, 7) is 4.45. The monoisotopic (exact) mass is 216 g/mol. The number of hydrogen-bond acceptors (Lipinski definition) is 3. The number of aliphatic carboxylic acids is 1. The van der Waals surface area contributed by atoms with Gasteiger partial charge in [-0.15, -0.1) is 0 Å². The molecule has 1 N–H and O–H groups in total. The maximum absolute atomic E-state index is 11.6. The molecule has 0 aliphatic rings. The summed E-state index contributed by atoms with van der Waals surface area (Å²) >= 11 is 0. The number of carbonyl (C=O) groups excluding carboxylic acids is 1. The van der Waals surface area contributed by atoms with E-state index in [9.17, 15) is 9.59 Å². The van der Waals surface area contributed by atoms with Gasteiger partial charge in [-0.25, -0.2) is 0 Å². The second-order valence-electron chi connectivity index (χ2n) is 4.11. The Kier molecular flexibility index (Phi) is 5.93. The number of likely N-dealkylation sites (N-methyl/N-ethyl adjacent to an activating group) is 1. The Labute approximate surface area is 90.7 Å². The van der Waals surface area contributed by atoms with Gasteiger partial charge in [0.2, 0.25) is 5.91 Å². The molecule has 88 valence electrons. The molecule has 0 saturated carbocycles. The first kappa shape index (κ1) is 13.9. The average molecular weight is 216 g/mol. The Morgan fingerprint density at radius 3 is 2.07 bits per heavy atom. The first-order chi connectivity index (χ1) is 6.84. The van der Waals surface area contributed by atoms with Crippen LogP contribution in [0.2, 0.25) is 0 Å². The largest absolute Gasteiger partial charge is 0.480 e. The van der Waals surface area contributed by atoms with Crippen molar-refractivity contribution in [3.63, 3.8) is 0 Å². The van der Waals surface area contributed by atoms with Crippen molar-refractivity contribution in [2.75, 3.05) is 33.7 Å². The minimum atomic E-state index is -0.970. The van der Waals surface area contributed by atoms with Gasteiger partial charge in [-0.05, 0) is 14.1 Å². The van der Waals surface area contributed by atoms with Crippen molar-refractivity contribution in [3.8, 4) is 0 Å². The van der Waals surface area contributed by atoms with Crippen molar-refractivity contribution in [2.24, 2.45) is 5.92 Å². The Bertz CT molecular complexity index is 227. The molecule has 0 bridgehead atoms. The summed E-state index contributed by atoms with van der Waals surface area (Å²) in [4.78, 5) is 25.5. The zero-order valence-corrected chi connectivity index (χ0v) is 9.86. The molecule has 0 aromatic heterocycles. The molecular weight excluding hydrogens is 196 g/mol. The summed E-state index contributed by atoms with van der Waals surface area (Å²) in [5, 5.41) is 8.67. The highest BCUT2D eigenvalue weighted by Crippen LogP contribution is 2.01. The van der Waals surface area contributed by atoms with E-state index in [4.69, 9.17) is 5.11 Å². The van der Waals surface area contributed by atoms with Crippen molar-refractivity contribution >= 4 is 11.9 Å². The third-order valence-corrected chi connectivity index (χ3v) is 1.95. The number of carbonyl (C=O) groups is 2. The van der Waals surface area contributed by atoms with Crippen LogP contribution in [0.1, 0.15) is 13.8 Å². The van der Waals surface area contributed by atoms with E-state index in [1.807, 2.05) is 19.0 Å². The van der Waals surface area contributed by atoms with Gasteiger partial charge in [0.1, 0.15) is 6.54 Å². The highest BCUT2D eigenvalue weighted by molar-refractivity contribution is 5.82. The van der Waals surface area contributed by atoms with E-state index in [0.29, 0.717) is 13.1 Å². The van der Waals surface area contributed by atoms with Crippen LogP contribution in [0.5, 0.6) is 0 Å². The van der Waals surface area contributed by atoms with E-state index in [1.54, 1.807) is 13.8 Å². The van der Waals surface area contributed by atoms with E-state index in [0.717, 1.165) is 0 Å². The molecule has 0 heterocycles. The Hall–Kier alpha value is -1.10. The number of nitrogens with zero attached hydrogens (tertiary/aromatic N) is 2. The Morgan fingerprint density at radius 2 is 1.73 bits per heavy atom. The minimum absolute atomic E-state index is 0.112. The highest BCUT2D eigenvalue weighted by atomic mass is 16.4. The molecule has 0 aromatic rings. The summed E-state index contributed by atoms with van der Waals surface area (Å²) in [6, 6.07) is 0.